The Kier molecular flexibility index (Phi) is 9.20. The molecule has 0 radical (unpaired) electrons. The number of rotatable bonds is 12. The number of aliphatic hydroxyl groups excluding tert-OH is 1. The summed E-state index contributed by atoms with van der Waals surface area (Å²) in [6, 6.07) is 2.71. The van der Waals surface area contributed by atoms with Crippen molar-refractivity contribution in [2.24, 2.45) is 11.5 Å². The molecule has 1 aromatic heterocycles. The lowest BCUT2D eigenvalue weighted by Gasteiger charge is -2.28. The quantitative estimate of drug-likeness (QED) is 0.173. The van der Waals surface area contributed by atoms with Crippen molar-refractivity contribution in [1.29, 1.82) is 0 Å². The Balaban J connectivity index is 1.79. The Morgan fingerprint density at radius 2 is 1.86 bits per heavy atom. The number of para-hydroxylation sites is 1. The van der Waals surface area contributed by atoms with Gasteiger partial charge < -0.3 is 42.2 Å². The molecule has 13 heteroatoms. The van der Waals surface area contributed by atoms with E-state index in [0.717, 1.165) is 10.9 Å². The van der Waals surface area contributed by atoms with Gasteiger partial charge in [0.1, 0.15) is 18.1 Å². The lowest BCUT2D eigenvalue weighted by atomic mass is 10.0. The zero-order chi connectivity index (χ0) is 27.1. The minimum atomic E-state index is -1.55. The minimum Gasteiger partial charge on any atom is -0.480 e. The molecule has 9 N–H and O–H groups in total. The Labute approximate surface area is 212 Å². The monoisotopic (exact) mass is 516 g/mol. The molecule has 0 aliphatic carbocycles. The number of carbonyl (C=O) groups excluding carboxylic acids is 4. The van der Waals surface area contributed by atoms with Crippen LogP contribution < -0.4 is 22.1 Å². The highest BCUT2D eigenvalue weighted by atomic mass is 16.4. The number of aromatic nitrogens is 1. The van der Waals surface area contributed by atoms with Crippen molar-refractivity contribution >= 4 is 40.5 Å². The van der Waals surface area contributed by atoms with Gasteiger partial charge in [0.05, 0.1) is 12.6 Å². The van der Waals surface area contributed by atoms with Crippen LogP contribution in [0.1, 0.15) is 31.2 Å². The van der Waals surface area contributed by atoms with E-state index in [1.54, 1.807) is 6.20 Å². The average molecular weight is 517 g/mol. The first-order valence-corrected chi connectivity index (χ1v) is 12.0. The van der Waals surface area contributed by atoms with Crippen molar-refractivity contribution in [2.75, 3.05) is 13.2 Å². The number of carboxylic acid groups (broad SMARTS) is 1. The normalized spacial score (nSPS) is 17.7. The number of aliphatic carboxylic acids is 1. The molecule has 1 aromatic carbocycles. The topological polar surface area (TPSA) is 221 Å². The van der Waals surface area contributed by atoms with E-state index in [4.69, 9.17) is 11.5 Å². The van der Waals surface area contributed by atoms with Gasteiger partial charge in [0, 0.05) is 36.5 Å². The van der Waals surface area contributed by atoms with Gasteiger partial charge in [-0.25, -0.2) is 4.79 Å². The summed E-state index contributed by atoms with van der Waals surface area (Å²) < 4.78 is 0. The smallest absolute Gasteiger partial charge is 0.328 e. The summed E-state index contributed by atoms with van der Waals surface area (Å²) in [5, 5.41) is 24.3. The summed E-state index contributed by atoms with van der Waals surface area (Å²) >= 11 is 0. The van der Waals surface area contributed by atoms with Gasteiger partial charge in [-0.1, -0.05) is 18.2 Å². The number of hydrogen-bond donors (Lipinski definition) is 7. The van der Waals surface area contributed by atoms with Crippen molar-refractivity contribution in [3.8, 4) is 0 Å². The number of aliphatic hydroxyl groups is 1. The Bertz CT molecular complexity index is 1170. The lowest BCUT2D eigenvalue weighted by molar-refractivity contribution is -0.144. The van der Waals surface area contributed by atoms with Crippen LogP contribution in [0.3, 0.4) is 0 Å². The van der Waals surface area contributed by atoms with Crippen molar-refractivity contribution in [2.45, 2.75) is 56.3 Å². The zero-order valence-corrected chi connectivity index (χ0v) is 20.2. The van der Waals surface area contributed by atoms with Crippen LogP contribution in [0.2, 0.25) is 0 Å². The van der Waals surface area contributed by atoms with Gasteiger partial charge in [-0.2, -0.15) is 0 Å². The molecule has 1 saturated heterocycles. The molecule has 37 heavy (non-hydrogen) atoms. The number of amides is 4. The standard InChI is InChI=1S/C24H32N6O7/c25-15(7-8-20(26)32)23(35)30-9-3-6-19(30)22(34)28-17(21(33)29-18(12-31)24(36)37)10-13-11-27-16-5-2-1-4-14(13)16/h1-2,4-5,11,15,17-19,27,31H,3,6-10,12,25H2,(H2,26,32)(H,28,34)(H,29,33)(H,36,37). The van der Waals surface area contributed by atoms with Crippen LogP contribution in [0, 0.1) is 0 Å². The second kappa shape index (κ2) is 12.3. The number of likely N-dealkylation sites (tertiary alicyclic amines) is 1. The fourth-order valence-electron chi connectivity index (χ4n) is 4.39. The summed E-state index contributed by atoms with van der Waals surface area (Å²) in [4.78, 5) is 66.0. The number of benzene rings is 1. The van der Waals surface area contributed by atoms with Crippen molar-refractivity contribution in [1.82, 2.24) is 20.5 Å². The van der Waals surface area contributed by atoms with Crippen LogP contribution in [-0.4, -0.2) is 87.0 Å². The summed E-state index contributed by atoms with van der Waals surface area (Å²) in [7, 11) is 0. The van der Waals surface area contributed by atoms with E-state index in [9.17, 15) is 34.2 Å². The van der Waals surface area contributed by atoms with Crippen LogP contribution in [0.4, 0.5) is 0 Å². The first-order valence-electron chi connectivity index (χ1n) is 12.0. The van der Waals surface area contributed by atoms with Crippen LogP contribution in [0.15, 0.2) is 30.5 Å². The molecule has 2 aromatic rings. The molecular weight excluding hydrogens is 484 g/mol. The number of carbonyl (C=O) groups is 5. The van der Waals surface area contributed by atoms with Gasteiger partial charge in [0.2, 0.25) is 23.6 Å². The second-order valence-corrected chi connectivity index (χ2v) is 9.01. The molecule has 0 spiro atoms. The SMILES string of the molecule is NC(=O)CCC(N)C(=O)N1CCCC1C(=O)NC(Cc1c[nH]c2ccccc12)C(=O)NC(CO)C(=O)O. The van der Waals surface area contributed by atoms with Crippen LogP contribution in [0.25, 0.3) is 10.9 Å². The molecule has 200 valence electrons. The number of nitrogens with two attached hydrogens (primary N) is 2. The third kappa shape index (κ3) is 6.83. The molecule has 4 unspecified atom stereocenters. The van der Waals surface area contributed by atoms with Crippen LogP contribution in [-0.2, 0) is 30.4 Å². The predicted octanol–water partition coefficient (Wildman–Crippen LogP) is -1.66. The number of hydrogen-bond acceptors (Lipinski definition) is 7. The molecule has 0 bridgehead atoms. The summed E-state index contributed by atoms with van der Waals surface area (Å²) in [5.74, 6) is -3.90. The van der Waals surface area contributed by atoms with Crippen molar-refractivity contribution in [3.05, 3.63) is 36.0 Å². The molecule has 0 saturated carbocycles. The van der Waals surface area contributed by atoms with E-state index in [1.807, 2.05) is 24.3 Å². The van der Waals surface area contributed by atoms with E-state index >= 15 is 0 Å². The molecule has 1 aliphatic heterocycles. The van der Waals surface area contributed by atoms with E-state index in [0.29, 0.717) is 18.4 Å². The molecular formula is C24H32N6O7. The summed E-state index contributed by atoms with van der Waals surface area (Å²) in [5.41, 5.74) is 12.6. The van der Waals surface area contributed by atoms with Gasteiger partial charge in [0.15, 0.2) is 0 Å². The van der Waals surface area contributed by atoms with E-state index < -0.39 is 60.4 Å². The molecule has 2 heterocycles. The van der Waals surface area contributed by atoms with E-state index in [2.05, 4.69) is 15.6 Å². The summed E-state index contributed by atoms with van der Waals surface area (Å²) in [6.07, 6.45) is 2.58. The lowest BCUT2D eigenvalue weighted by Crippen LogP contribution is -2.57. The number of nitrogens with zero attached hydrogens (tertiary/aromatic N) is 1. The zero-order valence-electron chi connectivity index (χ0n) is 20.2. The maximum Gasteiger partial charge on any atom is 0.328 e. The fourth-order valence-corrected chi connectivity index (χ4v) is 4.39. The van der Waals surface area contributed by atoms with Crippen molar-refractivity contribution < 1.29 is 34.2 Å². The number of nitrogens with one attached hydrogen (secondary N) is 3. The highest BCUT2D eigenvalue weighted by Gasteiger charge is 2.38. The van der Waals surface area contributed by atoms with E-state index in [-0.39, 0.29) is 25.8 Å². The third-order valence-corrected chi connectivity index (χ3v) is 6.39. The molecule has 1 aliphatic rings. The number of H-pyrrole nitrogens is 1. The third-order valence-electron chi connectivity index (χ3n) is 6.39. The number of carboxylic acids is 1. The first-order chi connectivity index (χ1) is 17.6. The highest BCUT2D eigenvalue weighted by Crippen LogP contribution is 2.21. The maximum atomic E-state index is 13.3. The Morgan fingerprint density at radius 1 is 1.14 bits per heavy atom. The van der Waals surface area contributed by atoms with Gasteiger partial charge in [-0.15, -0.1) is 0 Å². The predicted molar refractivity (Wildman–Crippen MR) is 132 cm³/mol. The number of fused-ring (bicyclic) bond motifs is 1. The van der Waals surface area contributed by atoms with Gasteiger partial charge in [0.25, 0.3) is 0 Å². The summed E-state index contributed by atoms with van der Waals surface area (Å²) in [6.45, 7) is -0.547. The average Bonchev–Trinajstić information content (AvgIpc) is 3.52. The first kappa shape index (κ1) is 27.6. The Morgan fingerprint density at radius 3 is 2.54 bits per heavy atom. The Hall–Kier alpha value is -3.97. The largest absolute Gasteiger partial charge is 0.480 e. The molecule has 4 atom stereocenters. The van der Waals surface area contributed by atoms with Gasteiger partial charge in [-0.3, -0.25) is 19.2 Å². The fraction of sp³-hybridized carbons (Fsp3) is 0.458. The van der Waals surface area contributed by atoms with Gasteiger partial charge >= 0.3 is 5.97 Å². The van der Waals surface area contributed by atoms with Gasteiger partial charge in [-0.05, 0) is 30.9 Å². The number of aromatic amines is 1. The molecule has 13 nitrogen and oxygen atoms in total. The van der Waals surface area contributed by atoms with Crippen LogP contribution >= 0.6 is 0 Å². The second-order valence-electron chi connectivity index (χ2n) is 9.01. The highest BCUT2D eigenvalue weighted by molar-refractivity contribution is 5.95. The van der Waals surface area contributed by atoms with E-state index in [1.165, 1.54) is 4.90 Å². The molecule has 3 rings (SSSR count). The molecule has 1 fully saturated rings. The maximum absolute atomic E-state index is 13.3. The van der Waals surface area contributed by atoms with Crippen LogP contribution in [0.5, 0.6) is 0 Å². The minimum absolute atomic E-state index is 0.0259. The molecule has 4 amide bonds. The number of primary amides is 1. The van der Waals surface area contributed by atoms with Crippen molar-refractivity contribution in [3.63, 3.8) is 0 Å².